The van der Waals surface area contributed by atoms with E-state index < -0.39 is 0 Å². The van der Waals surface area contributed by atoms with Crippen LogP contribution in [0.25, 0.3) is 0 Å². The highest BCUT2D eigenvalue weighted by atomic mass is 79.9. The van der Waals surface area contributed by atoms with E-state index in [2.05, 4.69) is 26.6 Å². The van der Waals surface area contributed by atoms with Crippen LogP contribution in [-0.4, -0.2) is 18.9 Å². The minimum Gasteiger partial charge on any atom is -0.496 e. The van der Waals surface area contributed by atoms with E-state index in [1.54, 1.807) is 42.5 Å². The largest absolute Gasteiger partial charge is 0.496 e. The molecule has 0 spiro atoms. The van der Waals surface area contributed by atoms with Crippen LogP contribution in [0.4, 0.5) is 11.4 Å². The molecule has 0 unspecified atom stereocenters. The normalized spacial score (nSPS) is 10.2. The SMILES string of the molecule is COc1ccc(Br)cc1C(=O)Nc1cccc(C(=O)Nc2cccc(C)c2)c1. The number of methoxy groups -OCH3 is 1. The molecule has 3 aromatic rings. The Morgan fingerprint density at radius 1 is 0.857 bits per heavy atom. The highest BCUT2D eigenvalue weighted by Gasteiger charge is 2.14. The molecule has 3 aromatic carbocycles. The monoisotopic (exact) mass is 438 g/mol. The van der Waals surface area contributed by atoms with Crippen LogP contribution >= 0.6 is 15.9 Å². The summed E-state index contributed by atoms with van der Waals surface area (Å²) < 4.78 is 6.02. The molecule has 142 valence electrons. The second-order valence-electron chi connectivity index (χ2n) is 6.20. The van der Waals surface area contributed by atoms with Crippen molar-refractivity contribution < 1.29 is 14.3 Å². The first-order chi connectivity index (χ1) is 13.5. The summed E-state index contributed by atoms with van der Waals surface area (Å²) in [4.78, 5) is 25.2. The van der Waals surface area contributed by atoms with Crippen LogP contribution in [0.1, 0.15) is 26.3 Å². The highest BCUT2D eigenvalue weighted by Crippen LogP contribution is 2.24. The van der Waals surface area contributed by atoms with Gasteiger partial charge < -0.3 is 15.4 Å². The first-order valence-corrected chi connectivity index (χ1v) is 9.38. The van der Waals surface area contributed by atoms with Gasteiger partial charge >= 0.3 is 0 Å². The summed E-state index contributed by atoms with van der Waals surface area (Å²) in [5.74, 6) is -0.106. The van der Waals surface area contributed by atoms with Gasteiger partial charge in [-0.15, -0.1) is 0 Å². The lowest BCUT2D eigenvalue weighted by Gasteiger charge is -2.11. The Labute approximate surface area is 171 Å². The molecular weight excluding hydrogens is 420 g/mol. The highest BCUT2D eigenvalue weighted by molar-refractivity contribution is 9.10. The van der Waals surface area contributed by atoms with Gasteiger partial charge in [-0.05, 0) is 61.0 Å². The average Bonchev–Trinajstić information content (AvgIpc) is 2.68. The number of ether oxygens (including phenoxy) is 1. The van der Waals surface area contributed by atoms with Crippen LogP contribution in [0.3, 0.4) is 0 Å². The van der Waals surface area contributed by atoms with Gasteiger partial charge in [0.25, 0.3) is 11.8 Å². The van der Waals surface area contributed by atoms with Gasteiger partial charge in [0, 0.05) is 21.4 Å². The summed E-state index contributed by atoms with van der Waals surface area (Å²) in [6.45, 7) is 1.96. The van der Waals surface area contributed by atoms with Crippen LogP contribution < -0.4 is 15.4 Å². The summed E-state index contributed by atoms with van der Waals surface area (Å²) in [5.41, 5.74) is 3.14. The topological polar surface area (TPSA) is 67.4 Å². The lowest BCUT2D eigenvalue weighted by Crippen LogP contribution is -2.15. The molecule has 0 aliphatic heterocycles. The van der Waals surface area contributed by atoms with E-state index >= 15 is 0 Å². The molecule has 28 heavy (non-hydrogen) atoms. The van der Waals surface area contributed by atoms with E-state index in [0.29, 0.717) is 22.6 Å². The maximum Gasteiger partial charge on any atom is 0.259 e. The smallest absolute Gasteiger partial charge is 0.259 e. The molecule has 3 rings (SSSR count). The number of nitrogens with one attached hydrogen (secondary N) is 2. The molecule has 6 heteroatoms. The number of rotatable bonds is 5. The number of halogens is 1. The van der Waals surface area contributed by atoms with Gasteiger partial charge in [-0.25, -0.2) is 0 Å². The quantitative estimate of drug-likeness (QED) is 0.569. The van der Waals surface area contributed by atoms with Crippen molar-refractivity contribution in [1.29, 1.82) is 0 Å². The lowest BCUT2D eigenvalue weighted by molar-refractivity contribution is 0.101. The number of hydrogen-bond acceptors (Lipinski definition) is 3. The molecule has 0 bridgehead atoms. The molecule has 0 aliphatic carbocycles. The standard InChI is InChI=1S/C22H19BrN2O3/c1-14-5-3-7-17(11-14)24-21(26)15-6-4-8-18(12-15)25-22(27)19-13-16(23)9-10-20(19)28-2/h3-13H,1-2H3,(H,24,26)(H,25,27). The number of amides is 2. The van der Waals surface area contributed by atoms with Crippen LogP contribution in [0.2, 0.25) is 0 Å². The Bertz CT molecular complexity index is 1030. The molecule has 0 aliphatic rings. The van der Waals surface area contributed by atoms with Gasteiger partial charge in [0.2, 0.25) is 0 Å². The van der Waals surface area contributed by atoms with Gasteiger partial charge in [0.05, 0.1) is 12.7 Å². The summed E-state index contributed by atoms with van der Waals surface area (Å²) in [6.07, 6.45) is 0. The fraction of sp³-hybridized carbons (Fsp3) is 0.0909. The van der Waals surface area contributed by atoms with Crippen molar-refractivity contribution in [2.45, 2.75) is 6.92 Å². The van der Waals surface area contributed by atoms with Crippen molar-refractivity contribution in [2.75, 3.05) is 17.7 Å². The predicted molar refractivity (Wildman–Crippen MR) is 114 cm³/mol. The first-order valence-electron chi connectivity index (χ1n) is 8.59. The van der Waals surface area contributed by atoms with E-state index in [0.717, 1.165) is 15.7 Å². The third-order valence-corrected chi connectivity index (χ3v) is 4.56. The molecule has 0 radical (unpaired) electrons. The Kier molecular flexibility index (Phi) is 6.11. The van der Waals surface area contributed by atoms with Crippen molar-refractivity contribution in [2.24, 2.45) is 0 Å². The Morgan fingerprint density at radius 3 is 2.25 bits per heavy atom. The van der Waals surface area contributed by atoms with Gasteiger partial charge in [0.1, 0.15) is 5.75 Å². The van der Waals surface area contributed by atoms with E-state index in [9.17, 15) is 9.59 Å². The van der Waals surface area contributed by atoms with E-state index in [1.807, 2.05) is 31.2 Å². The van der Waals surface area contributed by atoms with Crippen molar-refractivity contribution in [3.63, 3.8) is 0 Å². The van der Waals surface area contributed by atoms with E-state index in [1.165, 1.54) is 7.11 Å². The number of aryl methyl sites for hydroxylation is 1. The van der Waals surface area contributed by atoms with Gasteiger partial charge in [-0.3, -0.25) is 9.59 Å². The third kappa shape index (κ3) is 4.78. The molecular formula is C22H19BrN2O3. The number of carbonyl (C=O) groups excluding carboxylic acids is 2. The van der Waals surface area contributed by atoms with Crippen LogP contribution in [-0.2, 0) is 0 Å². The third-order valence-electron chi connectivity index (χ3n) is 4.06. The number of anilines is 2. The minimum absolute atomic E-state index is 0.248. The molecule has 0 saturated heterocycles. The number of hydrogen-bond donors (Lipinski definition) is 2. The zero-order chi connectivity index (χ0) is 20.1. The number of benzene rings is 3. The van der Waals surface area contributed by atoms with Gasteiger partial charge in [-0.2, -0.15) is 0 Å². The minimum atomic E-state index is -0.325. The maximum atomic E-state index is 12.6. The summed E-state index contributed by atoms with van der Waals surface area (Å²) >= 11 is 3.36. The van der Waals surface area contributed by atoms with Crippen molar-refractivity contribution in [3.05, 3.63) is 87.9 Å². The maximum absolute atomic E-state index is 12.6. The lowest BCUT2D eigenvalue weighted by atomic mass is 10.1. The second kappa shape index (κ2) is 8.71. The summed E-state index contributed by atoms with van der Waals surface area (Å²) in [7, 11) is 1.51. The molecule has 5 nitrogen and oxygen atoms in total. The number of carbonyl (C=O) groups is 2. The Hall–Kier alpha value is -3.12. The van der Waals surface area contributed by atoms with Crippen LogP contribution in [0.5, 0.6) is 5.75 Å². The average molecular weight is 439 g/mol. The molecule has 0 heterocycles. The first kappa shape index (κ1) is 19.6. The van der Waals surface area contributed by atoms with E-state index in [4.69, 9.17) is 4.74 Å². The molecule has 2 N–H and O–H groups in total. The molecule has 0 saturated carbocycles. The van der Waals surface area contributed by atoms with Crippen LogP contribution in [0, 0.1) is 6.92 Å². The predicted octanol–water partition coefficient (Wildman–Crippen LogP) is 5.27. The van der Waals surface area contributed by atoms with Crippen molar-refractivity contribution in [1.82, 2.24) is 0 Å². The van der Waals surface area contributed by atoms with Crippen LogP contribution in [0.15, 0.2) is 71.2 Å². The second-order valence-corrected chi connectivity index (χ2v) is 7.12. The summed E-state index contributed by atoms with van der Waals surface area (Å²) in [5, 5.41) is 5.67. The van der Waals surface area contributed by atoms with Crippen molar-refractivity contribution in [3.8, 4) is 5.75 Å². The zero-order valence-electron chi connectivity index (χ0n) is 15.5. The fourth-order valence-corrected chi connectivity index (χ4v) is 3.08. The fourth-order valence-electron chi connectivity index (χ4n) is 2.72. The van der Waals surface area contributed by atoms with E-state index in [-0.39, 0.29) is 11.8 Å². The molecule has 0 aromatic heterocycles. The Morgan fingerprint density at radius 2 is 1.54 bits per heavy atom. The van der Waals surface area contributed by atoms with Crippen molar-refractivity contribution >= 4 is 39.1 Å². The molecule has 0 fully saturated rings. The van der Waals surface area contributed by atoms with Gasteiger partial charge in [0.15, 0.2) is 0 Å². The summed E-state index contributed by atoms with van der Waals surface area (Å²) in [6, 6.07) is 19.5. The molecule has 2 amide bonds. The molecule has 0 atom stereocenters. The Balaban J connectivity index is 1.77. The van der Waals surface area contributed by atoms with Gasteiger partial charge in [-0.1, -0.05) is 34.1 Å². The zero-order valence-corrected chi connectivity index (χ0v) is 17.0.